The fourth-order valence-electron chi connectivity index (χ4n) is 1.62. The standard InChI is InChI=1S/C14H13NO3/c1-18-12-6-2-4-10(8-12)13(16)14(17)11-5-3-7-15-9-11/h2-9,14,17H,1H3. The number of hydrogen-bond acceptors (Lipinski definition) is 4. The molecule has 4 nitrogen and oxygen atoms in total. The molecule has 1 aromatic heterocycles. The van der Waals surface area contributed by atoms with Crippen molar-refractivity contribution in [3.05, 3.63) is 59.9 Å². The Kier molecular flexibility index (Phi) is 3.69. The number of ether oxygens (including phenoxy) is 1. The Bertz CT molecular complexity index is 540. The van der Waals surface area contributed by atoms with Crippen molar-refractivity contribution in [3.8, 4) is 5.75 Å². The monoisotopic (exact) mass is 243 g/mol. The van der Waals surface area contributed by atoms with Gasteiger partial charge in [-0.2, -0.15) is 0 Å². The van der Waals surface area contributed by atoms with Crippen LogP contribution in [0.2, 0.25) is 0 Å². The molecule has 0 aliphatic heterocycles. The molecule has 0 amide bonds. The Hall–Kier alpha value is -2.20. The minimum Gasteiger partial charge on any atom is -0.497 e. The lowest BCUT2D eigenvalue weighted by atomic mass is 10.0. The quantitative estimate of drug-likeness (QED) is 0.834. The SMILES string of the molecule is COc1cccc(C(=O)C(O)c2cccnc2)c1. The number of benzene rings is 1. The second kappa shape index (κ2) is 5.42. The summed E-state index contributed by atoms with van der Waals surface area (Å²) in [7, 11) is 1.53. The van der Waals surface area contributed by atoms with Crippen LogP contribution in [0.4, 0.5) is 0 Å². The highest BCUT2D eigenvalue weighted by Gasteiger charge is 2.19. The minimum absolute atomic E-state index is 0.373. The smallest absolute Gasteiger partial charge is 0.196 e. The average Bonchev–Trinajstić information content (AvgIpc) is 2.46. The van der Waals surface area contributed by atoms with Gasteiger partial charge in [0.2, 0.25) is 0 Å². The van der Waals surface area contributed by atoms with Crippen molar-refractivity contribution in [1.29, 1.82) is 0 Å². The highest BCUT2D eigenvalue weighted by Crippen LogP contribution is 2.20. The molecule has 1 N–H and O–H groups in total. The lowest BCUT2D eigenvalue weighted by molar-refractivity contribution is 0.0746. The summed E-state index contributed by atoms with van der Waals surface area (Å²) >= 11 is 0. The molecule has 1 unspecified atom stereocenters. The first kappa shape index (κ1) is 12.3. The molecule has 2 rings (SSSR count). The molecule has 0 radical (unpaired) electrons. The van der Waals surface area contributed by atoms with Gasteiger partial charge in [-0.1, -0.05) is 18.2 Å². The molecule has 0 aliphatic carbocycles. The maximum atomic E-state index is 12.1. The Morgan fingerprint density at radius 1 is 1.33 bits per heavy atom. The first-order valence-electron chi connectivity index (χ1n) is 5.48. The van der Waals surface area contributed by atoms with Crippen LogP contribution in [0.3, 0.4) is 0 Å². The number of rotatable bonds is 4. The number of ketones is 1. The number of methoxy groups -OCH3 is 1. The number of pyridine rings is 1. The molecule has 0 fully saturated rings. The Morgan fingerprint density at radius 2 is 2.17 bits per heavy atom. The van der Waals surface area contributed by atoms with Gasteiger partial charge in [0, 0.05) is 23.5 Å². The van der Waals surface area contributed by atoms with Gasteiger partial charge in [0.1, 0.15) is 11.9 Å². The molecule has 4 heteroatoms. The summed E-state index contributed by atoms with van der Waals surface area (Å²) in [6.45, 7) is 0. The van der Waals surface area contributed by atoms with Gasteiger partial charge in [0.25, 0.3) is 0 Å². The highest BCUT2D eigenvalue weighted by atomic mass is 16.5. The molecule has 0 spiro atoms. The Balaban J connectivity index is 2.25. The van der Waals surface area contributed by atoms with Gasteiger partial charge in [-0.15, -0.1) is 0 Å². The number of hydrogen-bond donors (Lipinski definition) is 1. The van der Waals surface area contributed by atoms with Crippen molar-refractivity contribution in [2.75, 3.05) is 7.11 Å². The minimum atomic E-state index is -1.20. The Morgan fingerprint density at radius 3 is 2.83 bits per heavy atom. The summed E-state index contributed by atoms with van der Waals surface area (Å²) in [5, 5.41) is 9.98. The van der Waals surface area contributed by atoms with Crippen molar-refractivity contribution < 1.29 is 14.6 Å². The third-order valence-corrected chi connectivity index (χ3v) is 2.60. The maximum absolute atomic E-state index is 12.1. The van der Waals surface area contributed by atoms with Crippen molar-refractivity contribution in [2.45, 2.75) is 6.10 Å². The van der Waals surface area contributed by atoms with Crippen molar-refractivity contribution in [3.63, 3.8) is 0 Å². The van der Waals surface area contributed by atoms with Crippen LogP contribution in [0.1, 0.15) is 22.0 Å². The lowest BCUT2D eigenvalue weighted by Crippen LogP contribution is -2.12. The van der Waals surface area contributed by atoms with E-state index in [1.807, 2.05) is 0 Å². The zero-order valence-corrected chi connectivity index (χ0v) is 9.91. The third-order valence-electron chi connectivity index (χ3n) is 2.60. The van der Waals surface area contributed by atoms with Gasteiger partial charge in [-0.05, 0) is 18.2 Å². The topological polar surface area (TPSA) is 59.4 Å². The molecule has 0 aliphatic rings. The molecule has 18 heavy (non-hydrogen) atoms. The van der Waals surface area contributed by atoms with Crippen LogP contribution in [-0.4, -0.2) is 23.0 Å². The van der Waals surface area contributed by atoms with Crippen LogP contribution >= 0.6 is 0 Å². The molecular weight excluding hydrogens is 230 g/mol. The second-order valence-corrected chi connectivity index (χ2v) is 3.79. The van der Waals surface area contributed by atoms with Crippen molar-refractivity contribution >= 4 is 5.78 Å². The van der Waals surface area contributed by atoms with Crippen molar-refractivity contribution in [2.24, 2.45) is 0 Å². The number of nitrogens with zero attached hydrogens (tertiary/aromatic N) is 1. The summed E-state index contributed by atoms with van der Waals surface area (Å²) < 4.78 is 5.04. The maximum Gasteiger partial charge on any atom is 0.196 e. The first-order valence-corrected chi connectivity index (χ1v) is 5.48. The van der Waals surface area contributed by atoms with E-state index in [4.69, 9.17) is 4.74 Å². The number of Topliss-reactive ketones (excluding diaryl/α,β-unsaturated/α-hetero) is 1. The molecular formula is C14H13NO3. The summed E-state index contributed by atoms with van der Waals surface area (Å²) in [6.07, 6.45) is 1.86. The molecule has 2 aromatic rings. The summed E-state index contributed by atoms with van der Waals surface area (Å²) in [5.41, 5.74) is 0.885. The number of aliphatic hydroxyl groups is 1. The van der Waals surface area contributed by atoms with Crippen molar-refractivity contribution in [1.82, 2.24) is 4.98 Å². The van der Waals surface area contributed by atoms with Crippen LogP contribution in [0.5, 0.6) is 5.75 Å². The van der Waals surface area contributed by atoms with Gasteiger partial charge in [-0.3, -0.25) is 9.78 Å². The van der Waals surface area contributed by atoms with E-state index in [1.54, 1.807) is 42.6 Å². The van der Waals surface area contributed by atoms with Gasteiger partial charge in [-0.25, -0.2) is 0 Å². The number of carbonyl (C=O) groups excluding carboxylic acids is 1. The highest BCUT2D eigenvalue weighted by molar-refractivity contribution is 6.00. The van der Waals surface area contributed by atoms with E-state index < -0.39 is 6.10 Å². The normalized spacial score (nSPS) is 11.9. The van der Waals surface area contributed by atoms with E-state index in [-0.39, 0.29) is 5.78 Å². The molecule has 1 heterocycles. The van der Waals surface area contributed by atoms with Crippen LogP contribution in [0.25, 0.3) is 0 Å². The summed E-state index contributed by atoms with van der Waals surface area (Å²) in [4.78, 5) is 16.0. The van der Waals surface area contributed by atoms with Crippen LogP contribution < -0.4 is 4.74 Å². The zero-order valence-electron chi connectivity index (χ0n) is 9.91. The van der Waals surface area contributed by atoms with E-state index in [0.29, 0.717) is 16.9 Å². The van der Waals surface area contributed by atoms with E-state index in [0.717, 1.165) is 0 Å². The van der Waals surface area contributed by atoms with E-state index >= 15 is 0 Å². The fourth-order valence-corrected chi connectivity index (χ4v) is 1.62. The third kappa shape index (κ3) is 2.55. The first-order chi connectivity index (χ1) is 8.72. The molecule has 0 saturated heterocycles. The summed E-state index contributed by atoms with van der Waals surface area (Å²) in [5.74, 6) is 0.209. The summed E-state index contributed by atoms with van der Waals surface area (Å²) in [6, 6.07) is 10.0. The van der Waals surface area contributed by atoms with Gasteiger partial charge in [0.05, 0.1) is 7.11 Å². The molecule has 92 valence electrons. The van der Waals surface area contributed by atoms with Gasteiger partial charge < -0.3 is 9.84 Å². The second-order valence-electron chi connectivity index (χ2n) is 3.79. The number of aromatic nitrogens is 1. The molecule has 1 aromatic carbocycles. The van der Waals surface area contributed by atoms with Gasteiger partial charge >= 0.3 is 0 Å². The van der Waals surface area contributed by atoms with Gasteiger partial charge in [0.15, 0.2) is 5.78 Å². The van der Waals surface area contributed by atoms with Crippen LogP contribution in [-0.2, 0) is 0 Å². The molecule has 1 atom stereocenters. The average molecular weight is 243 g/mol. The molecule has 0 saturated carbocycles. The number of aliphatic hydroxyl groups excluding tert-OH is 1. The van der Waals surface area contributed by atoms with E-state index in [2.05, 4.69) is 4.98 Å². The van der Waals surface area contributed by atoms with E-state index in [9.17, 15) is 9.90 Å². The molecule has 0 bridgehead atoms. The predicted molar refractivity (Wildman–Crippen MR) is 66.5 cm³/mol. The predicted octanol–water partition coefficient (Wildman–Crippen LogP) is 2.01. The zero-order chi connectivity index (χ0) is 13.0. The fraction of sp³-hybridized carbons (Fsp3) is 0.143. The van der Waals surface area contributed by atoms with Crippen LogP contribution in [0.15, 0.2) is 48.8 Å². The van der Waals surface area contributed by atoms with Crippen LogP contribution in [0, 0.1) is 0 Å². The number of carbonyl (C=O) groups is 1. The van der Waals surface area contributed by atoms with E-state index in [1.165, 1.54) is 13.3 Å². The lowest BCUT2D eigenvalue weighted by Gasteiger charge is -2.10. The Labute approximate surface area is 105 Å². The largest absolute Gasteiger partial charge is 0.497 e.